The van der Waals surface area contributed by atoms with Gasteiger partial charge < -0.3 is 19.6 Å². The zero-order valence-corrected chi connectivity index (χ0v) is 17.3. The Morgan fingerprint density at radius 3 is 2.63 bits per heavy atom. The van der Waals surface area contributed by atoms with E-state index < -0.39 is 0 Å². The van der Waals surface area contributed by atoms with Gasteiger partial charge in [-0.05, 0) is 49.6 Å². The summed E-state index contributed by atoms with van der Waals surface area (Å²) in [4.78, 5) is 38.8. The number of anilines is 2. The number of hydrogen-bond acceptors (Lipinski definition) is 5. The Balaban J connectivity index is 1.33. The third kappa shape index (κ3) is 3.18. The van der Waals surface area contributed by atoms with Crippen molar-refractivity contribution in [3.8, 4) is 0 Å². The van der Waals surface area contributed by atoms with E-state index >= 15 is 0 Å². The van der Waals surface area contributed by atoms with Crippen LogP contribution in [-0.2, 0) is 0 Å². The van der Waals surface area contributed by atoms with Gasteiger partial charge in [-0.3, -0.25) is 9.59 Å². The lowest BCUT2D eigenvalue weighted by Gasteiger charge is -2.46. The van der Waals surface area contributed by atoms with Crippen LogP contribution in [0.5, 0.6) is 0 Å². The molecule has 2 saturated heterocycles. The summed E-state index contributed by atoms with van der Waals surface area (Å²) >= 11 is 0. The van der Waals surface area contributed by atoms with Gasteiger partial charge in [0, 0.05) is 51.5 Å². The molecule has 7 heteroatoms. The molecular formula is C23H27N5O2. The van der Waals surface area contributed by atoms with Gasteiger partial charge in [0.05, 0.1) is 11.3 Å². The summed E-state index contributed by atoms with van der Waals surface area (Å²) in [5.41, 5.74) is 2.23. The molecule has 0 aliphatic carbocycles. The Morgan fingerprint density at radius 2 is 1.87 bits per heavy atom. The molecule has 1 atom stereocenters. The molecule has 1 aromatic heterocycles. The van der Waals surface area contributed by atoms with Crippen molar-refractivity contribution in [2.45, 2.75) is 25.4 Å². The van der Waals surface area contributed by atoms with Gasteiger partial charge in [-0.15, -0.1) is 0 Å². The van der Waals surface area contributed by atoms with E-state index in [0.29, 0.717) is 24.2 Å². The summed E-state index contributed by atoms with van der Waals surface area (Å²) in [7, 11) is 2.04. The lowest BCUT2D eigenvalue weighted by molar-refractivity contribution is 0.0588. The van der Waals surface area contributed by atoms with Crippen LogP contribution in [-0.4, -0.2) is 72.5 Å². The number of hydrogen-bond donors (Lipinski definition) is 0. The van der Waals surface area contributed by atoms with Gasteiger partial charge in [0.25, 0.3) is 11.8 Å². The summed E-state index contributed by atoms with van der Waals surface area (Å²) in [6, 6.07) is 11.4. The van der Waals surface area contributed by atoms with Crippen molar-refractivity contribution < 1.29 is 9.59 Å². The van der Waals surface area contributed by atoms with Crippen molar-refractivity contribution in [2.75, 3.05) is 49.6 Å². The average Bonchev–Trinajstić information content (AvgIpc) is 2.82. The Bertz CT molecular complexity index is 955. The van der Waals surface area contributed by atoms with Crippen molar-refractivity contribution in [1.82, 2.24) is 14.8 Å². The molecule has 2 amide bonds. The number of rotatable bonds is 2. The zero-order valence-electron chi connectivity index (χ0n) is 17.3. The highest BCUT2D eigenvalue weighted by molar-refractivity contribution is 6.04. The summed E-state index contributed by atoms with van der Waals surface area (Å²) in [6.45, 7) is 3.68. The van der Waals surface area contributed by atoms with Crippen molar-refractivity contribution in [1.29, 1.82) is 0 Å². The van der Waals surface area contributed by atoms with E-state index in [2.05, 4.69) is 14.8 Å². The van der Waals surface area contributed by atoms with Crippen molar-refractivity contribution in [3.63, 3.8) is 0 Å². The highest BCUT2D eigenvalue weighted by atomic mass is 16.2. The summed E-state index contributed by atoms with van der Waals surface area (Å²) in [6.07, 6.45) is 5.08. The zero-order chi connectivity index (χ0) is 20.7. The molecule has 0 N–H and O–H groups in total. The average molecular weight is 406 g/mol. The smallest absolute Gasteiger partial charge is 0.257 e. The molecule has 2 fully saturated rings. The molecule has 4 heterocycles. The second kappa shape index (κ2) is 7.63. The van der Waals surface area contributed by atoms with E-state index in [-0.39, 0.29) is 18.0 Å². The molecule has 2 aromatic rings. The molecule has 0 unspecified atom stereocenters. The molecule has 30 heavy (non-hydrogen) atoms. The molecule has 0 radical (unpaired) electrons. The van der Waals surface area contributed by atoms with Crippen LogP contribution >= 0.6 is 0 Å². The number of fused-ring (bicyclic) bond motifs is 2. The largest absolute Gasteiger partial charge is 0.354 e. The van der Waals surface area contributed by atoms with Gasteiger partial charge in [-0.25, -0.2) is 4.98 Å². The lowest BCUT2D eigenvalue weighted by Crippen LogP contribution is -2.56. The maximum atomic E-state index is 13.2. The number of benzene rings is 1. The molecular weight excluding hydrogens is 378 g/mol. The topological polar surface area (TPSA) is 60.0 Å². The summed E-state index contributed by atoms with van der Waals surface area (Å²) < 4.78 is 0. The minimum atomic E-state index is 0.0328. The van der Waals surface area contributed by atoms with Crippen molar-refractivity contribution >= 4 is 23.3 Å². The normalized spacial score (nSPS) is 21.4. The highest BCUT2D eigenvalue weighted by Crippen LogP contribution is 2.35. The van der Waals surface area contributed by atoms with Crippen LogP contribution in [0.2, 0.25) is 0 Å². The number of piperazine rings is 1. The number of pyridine rings is 1. The standard InChI is InChI=1S/C23H27N5O2/c1-25-19-16-17(8-9-18(19)23(30)28-11-5-3-7-21(25)28)22(29)27-14-12-26(13-15-27)20-6-2-4-10-24-20/h2,4,6,8-10,16,21H,3,5,7,11-15H2,1H3/t21-/m1/s1. The SMILES string of the molecule is CN1c2cc(C(=O)N3CCN(c4ccccn4)CC3)ccc2C(=O)N2CCCC[C@@H]21. The fourth-order valence-electron chi connectivity index (χ4n) is 4.87. The fraction of sp³-hybridized carbons (Fsp3) is 0.435. The van der Waals surface area contributed by atoms with E-state index in [4.69, 9.17) is 0 Å². The van der Waals surface area contributed by atoms with Crippen molar-refractivity contribution in [3.05, 3.63) is 53.7 Å². The molecule has 0 saturated carbocycles. The van der Waals surface area contributed by atoms with E-state index in [9.17, 15) is 9.59 Å². The monoisotopic (exact) mass is 405 g/mol. The minimum Gasteiger partial charge on any atom is -0.354 e. The predicted octanol–water partition coefficient (Wildman–Crippen LogP) is 2.45. The maximum absolute atomic E-state index is 13.2. The van der Waals surface area contributed by atoms with Crippen molar-refractivity contribution in [2.24, 2.45) is 0 Å². The molecule has 0 bridgehead atoms. The van der Waals surface area contributed by atoms with E-state index in [0.717, 1.165) is 50.4 Å². The lowest BCUT2D eigenvalue weighted by atomic mass is 9.97. The quantitative estimate of drug-likeness (QED) is 0.768. The highest BCUT2D eigenvalue weighted by Gasteiger charge is 2.37. The Hall–Kier alpha value is -3.09. The molecule has 3 aliphatic heterocycles. The van der Waals surface area contributed by atoms with Gasteiger partial charge in [0.1, 0.15) is 12.0 Å². The molecule has 1 aromatic carbocycles. The molecule has 5 rings (SSSR count). The van der Waals surface area contributed by atoms with Crippen LogP contribution in [0.4, 0.5) is 11.5 Å². The summed E-state index contributed by atoms with van der Waals surface area (Å²) in [5.74, 6) is 1.08. The van der Waals surface area contributed by atoms with Gasteiger partial charge >= 0.3 is 0 Å². The molecule has 3 aliphatic rings. The second-order valence-electron chi connectivity index (χ2n) is 8.28. The Kier molecular flexibility index (Phi) is 4.81. The molecule has 0 spiro atoms. The molecule has 156 valence electrons. The van der Waals surface area contributed by atoms with Gasteiger partial charge in [0.15, 0.2) is 0 Å². The number of carbonyl (C=O) groups is 2. The first-order valence-corrected chi connectivity index (χ1v) is 10.8. The van der Waals surface area contributed by atoms with Crippen LogP contribution in [0.25, 0.3) is 0 Å². The van der Waals surface area contributed by atoms with E-state index in [1.807, 2.05) is 53.2 Å². The second-order valence-corrected chi connectivity index (χ2v) is 8.28. The first-order valence-electron chi connectivity index (χ1n) is 10.8. The number of piperidine rings is 1. The van der Waals surface area contributed by atoms with Crippen LogP contribution in [0, 0.1) is 0 Å². The van der Waals surface area contributed by atoms with Crippen LogP contribution in [0.15, 0.2) is 42.6 Å². The fourth-order valence-corrected chi connectivity index (χ4v) is 4.87. The third-order valence-corrected chi connectivity index (χ3v) is 6.57. The van der Waals surface area contributed by atoms with Crippen LogP contribution in [0.3, 0.4) is 0 Å². The van der Waals surface area contributed by atoms with E-state index in [1.54, 1.807) is 6.20 Å². The Morgan fingerprint density at radius 1 is 1.03 bits per heavy atom. The number of amides is 2. The number of nitrogens with zero attached hydrogens (tertiary/aromatic N) is 5. The molecule has 7 nitrogen and oxygen atoms in total. The van der Waals surface area contributed by atoms with Gasteiger partial charge in [0.2, 0.25) is 0 Å². The third-order valence-electron chi connectivity index (χ3n) is 6.57. The van der Waals surface area contributed by atoms with Crippen LogP contribution in [0.1, 0.15) is 40.0 Å². The Labute approximate surface area is 176 Å². The van der Waals surface area contributed by atoms with Gasteiger partial charge in [-0.2, -0.15) is 0 Å². The van der Waals surface area contributed by atoms with E-state index in [1.165, 1.54) is 0 Å². The van der Waals surface area contributed by atoms with Gasteiger partial charge in [-0.1, -0.05) is 6.07 Å². The number of aromatic nitrogens is 1. The first kappa shape index (κ1) is 18.9. The first-order chi connectivity index (χ1) is 14.6. The maximum Gasteiger partial charge on any atom is 0.257 e. The minimum absolute atomic E-state index is 0.0328. The number of carbonyl (C=O) groups excluding carboxylic acids is 2. The summed E-state index contributed by atoms with van der Waals surface area (Å²) in [5, 5.41) is 0. The predicted molar refractivity (Wildman–Crippen MR) is 116 cm³/mol. The van der Waals surface area contributed by atoms with Crippen LogP contribution < -0.4 is 9.80 Å².